The van der Waals surface area contributed by atoms with E-state index in [-0.39, 0.29) is 17.3 Å². The molecular formula is C16H14F3N5O2S. The number of alkyl halides is 3. The summed E-state index contributed by atoms with van der Waals surface area (Å²) in [5.74, 6) is 0.0327. The van der Waals surface area contributed by atoms with Gasteiger partial charge in [-0.25, -0.2) is 8.42 Å². The summed E-state index contributed by atoms with van der Waals surface area (Å²) in [5.41, 5.74) is -0.714. The summed E-state index contributed by atoms with van der Waals surface area (Å²) in [6.07, 6.45) is -1.02. The van der Waals surface area contributed by atoms with Crippen molar-refractivity contribution in [3.05, 3.63) is 42.4 Å². The summed E-state index contributed by atoms with van der Waals surface area (Å²) in [7, 11) is -2.42. The monoisotopic (exact) mass is 397 g/mol. The van der Waals surface area contributed by atoms with Crippen LogP contribution in [0.25, 0.3) is 22.9 Å². The molecule has 142 valence electrons. The van der Waals surface area contributed by atoms with Crippen LogP contribution in [0.15, 0.2) is 41.7 Å². The minimum Gasteiger partial charge on any atom is -0.309 e. The Bertz CT molecular complexity index is 1080. The minimum absolute atomic E-state index is 0.0367. The summed E-state index contributed by atoms with van der Waals surface area (Å²) in [6, 6.07) is 4.00. The van der Waals surface area contributed by atoms with Gasteiger partial charge < -0.3 is 4.57 Å². The highest BCUT2D eigenvalue weighted by Gasteiger charge is 2.34. The first-order valence-electron chi connectivity index (χ1n) is 7.75. The lowest BCUT2D eigenvalue weighted by atomic mass is 10.2. The number of hydrogen-bond acceptors (Lipinski definition) is 6. The molecule has 0 aliphatic heterocycles. The first kappa shape index (κ1) is 19.0. The van der Waals surface area contributed by atoms with Gasteiger partial charge >= 0.3 is 6.18 Å². The molecule has 0 aliphatic carbocycles. The molecule has 0 radical (unpaired) electrons. The largest absolute Gasteiger partial charge is 0.417 e. The van der Waals surface area contributed by atoms with E-state index in [2.05, 4.69) is 20.2 Å². The quantitative estimate of drug-likeness (QED) is 0.672. The number of aromatic nitrogens is 5. The molecule has 11 heteroatoms. The van der Waals surface area contributed by atoms with Gasteiger partial charge in [-0.2, -0.15) is 13.2 Å². The van der Waals surface area contributed by atoms with Crippen LogP contribution in [0, 0.1) is 0 Å². The summed E-state index contributed by atoms with van der Waals surface area (Å²) in [4.78, 5) is 7.20. The molecule has 0 bridgehead atoms. The normalized spacial score (nSPS) is 12.3. The lowest BCUT2D eigenvalue weighted by Gasteiger charge is -2.12. The number of pyridine rings is 2. The Morgan fingerprint density at radius 3 is 2.44 bits per heavy atom. The predicted molar refractivity (Wildman–Crippen MR) is 90.2 cm³/mol. The van der Waals surface area contributed by atoms with Gasteiger partial charge in [-0.1, -0.05) is 6.92 Å². The van der Waals surface area contributed by atoms with Gasteiger partial charge in [-0.05, 0) is 18.2 Å². The molecule has 0 saturated heterocycles. The maximum Gasteiger partial charge on any atom is 0.417 e. The second kappa shape index (κ2) is 6.72. The number of hydrogen-bond donors (Lipinski definition) is 0. The molecule has 0 aliphatic rings. The van der Waals surface area contributed by atoms with Crippen LogP contribution >= 0.6 is 0 Å². The number of halogens is 3. The molecule has 0 spiro atoms. The Hall–Kier alpha value is -2.82. The van der Waals surface area contributed by atoms with Crippen LogP contribution in [0.5, 0.6) is 0 Å². The van der Waals surface area contributed by atoms with Crippen molar-refractivity contribution in [2.75, 3.05) is 5.75 Å². The smallest absolute Gasteiger partial charge is 0.309 e. The Labute approximate surface area is 152 Å². The third kappa shape index (κ3) is 3.54. The molecule has 7 nitrogen and oxygen atoms in total. The van der Waals surface area contributed by atoms with Crippen molar-refractivity contribution in [1.29, 1.82) is 0 Å². The van der Waals surface area contributed by atoms with Gasteiger partial charge in [0.2, 0.25) is 0 Å². The fraction of sp³-hybridized carbons (Fsp3) is 0.250. The van der Waals surface area contributed by atoms with E-state index >= 15 is 0 Å². The SMILES string of the molecule is CCS(=O)(=O)c1cc(C(F)(F)F)cnc1-c1nnc(-c2cccnc2)n1C. The van der Waals surface area contributed by atoms with Crippen LogP contribution in [0.2, 0.25) is 0 Å². The Morgan fingerprint density at radius 2 is 1.85 bits per heavy atom. The van der Waals surface area contributed by atoms with Crippen LogP contribution in [0.4, 0.5) is 13.2 Å². The molecule has 3 aromatic rings. The van der Waals surface area contributed by atoms with E-state index < -0.39 is 26.5 Å². The highest BCUT2D eigenvalue weighted by molar-refractivity contribution is 7.91. The van der Waals surface area contributed by atoms with Crippen molar-refractivity contribution < 1.29 is 21.6 Å². The maximum atomic E-state index is 13.0. The number of rotatable bonds is 4. The Kier molecular flexibility index (Phi) is 4.72. The van der Waals surface area contributed by atoms with Crippen LogP contribution in [-0.4, -0.2) is 38.9 Å². The number of sulfone groups is 1. The highest BCUT2D eigenvalue weighted by atomic mass is 32.2. The minimum atomic E-state index is -4.72. The van der Waals surface area contributed by atoms with Crippen molar-refractivity contribution in [2.24, 2.45) is 7.05 Å². The fourth-order valence-corrected chi connectivity index (χ4v) is 3.50. The van der Waals surface area contributed by atoms with E-state index in [1.165, 1.54) is 17.7 Å². The lowest BCUT2D eigenvalue weighted by Crippen LogP contribution is -2.13. The molecule has 3 rings (SSSR count). The summed E-state index contributed by atoms with van der Waals surface area (Å²) in [6.45, 7) is 1.34. The molecule has 0 aromatic carbocycles. The number of nitrogens with zero attached hydrogens (tertiary/aromatic N) is 5. The summed E-state index contributed by atoms with van der Waals surface area (Å²) >= 11 is 0. The Balaban J connectivity index is 2.22. The zero-order valence-corrected chi connectivity index (χ0v) is 15.1. The van der Waals surface area contributed by atoms with Gasteiger partial charge in [0.15, 0.2) is 21.5 Å². The third-order valence-corrected chi connectivity index (χ3v) is 5.64. The zero-order chi connectivity index (χ0) is 19.8. The molecule has 0 N–H and O–H groups in total. The zero-order valence-electron chi connectivity index (χ0n) is 14.3. The van der Waals surface area contributed by atoms with Gasteiger partial charge in [0, 0.05) is 31.2 Å². The standard InChI is InChI=1S/C16H14F3N5O2S/c1-3-27(25,26)12-7-11(16(17,18)19)9-21-13(12)15-23-22-14(24(15)2)10-5-4-6-20-8-10/h4-9H,3H2,1-2H3. The van der Waals surface area contributed by atoms with Crippen molar-refractivity contribution in [1.82, 2.24) is 24.7 Å². The Morgan fingerprint density at radius 1 is 1.15 bits per heavy atom. The maximum absolute atomic E-state index is 13.0. The molecule has 0 amide bonds. The van der Waals surface area contributed by atoms with Crippen molar-refractivity contribution in [3.8, 4) is 22.9 Å². The molecule has 27 heavy (non-hydrogen) atoms. The molecule has 3 aromatic heterocycles. The van der Waals surface area contributed by atoms with E-state index in [1.54, 1.807) is 25.4 Å². The third-order valence-electron chi connectivity index (χ3n) is 3.90. The summed E-state index contributed by atoms with van der Waals surface area (Å²) < 4.78 is 65.3. The topological polar surface area (TPSA) is 90.6 Å². The van der Waals surface area contributed by atoms with Gasteiger partial charge in [-0.15, -0.1) is 10.2 Å². The predicted octanol–water partition coefficient (Wildman–Crippen LogP) is 2.75. The molecule has 0 saturated carbocycles. The fourth-order valence-electron chi connectivity index (χ4n) is 2.44. The molecule has 0 atom stereocenters. The van der Waals surface area contributed by atoms with Crippen LogP contribution in [-0.2, 0) is 23.1 Å². The lowest BCUT2D eigenvalue weighted by molar-refractivity contribution is -0.138. The first-order chi connectivity index (χ1) is 12.6. The molecule has 3 heterocycles. The van der Waals surface area contributed by atoms with Crippen LogP contribution < -0.4 is 0 Å². The van der Waals surface area contributed by atoms with Crippen molar-refractivity contribution in [3.63, 3.8) is 0 Å². The average molecular weight is 397 g/mol. The van der Waals surface area contributed by atoms with E-state index in [0.29, 0.717) is 23.7 Å². The molecular weight excluding hydrogens is 383 g/mol. The van der Waals surface area contributed by atoms with Crippen LogP contribution in [0.3, 0.4) is 0 Å². The average Bonchev–Trinajstić information content (AvgIpc) is 3.02. The molecule has 0 unspecified atom stereocenters. The highest BCUT2D eigenvalue weighted by Crippen LogP contribution is 2.34. The van der Waals surface area contributed by atoms with E-state index in [1.807, 2.05) is 0 Å². The van der Waals surface area contributed by atoms with E-state index in [4.69, 9.17) is 0 Å². The first-order valence-corrected chi connectivity index (χ1v) is 9.40. The van der Waals surface area contributed by atoms with Gasteiger partial charge in [-0.3, -0.25) is 9.97 Å². The van der Waals surface area contributed by atoms with Crippen molar-refractivity contribution in [2.45, 2.75) is 18.0 Å². The van der Waals surface area contributed by atoms with Gasteiger partial charge in [0.25, 0.3) is 0 Å². The van der Waals surface area contributed by atoms with E-state index in [0.717, 1.165) is 0 Å². The van der Waals surface area contributed by atoms with Gasteiger partial charge in [0.1, 0.15) is 5.69 Å². The molecule has 0 fully saturated rings. The van der Waals surface area contributed by atoms with Crippen LogP contribution in [0.1, 0.15) is 12.5 Å². The second-order valence-corrected chi connectivity index (χ2v) is 7.87. The van der Waals surface area contributed by atoms with Crippen molar-refractivity contribution >= 4 is 9.84 Å². The van der Waals surface area contributed by atoms with Gasteiger partial charge in [0.05, 0.1) is 16.2 Å². The summed E-state index contributed by atoms with van der Waals surface area (Å²) in [5, 5.41) is 7.94. The second-order valence-electron chi connectivity index (χ2n) is 5.62. The van der Waals surface area contributed by atoms with E-state index in [9.17, 15) is 21.6 Å².